The highest BCUT2D eigenvalue weighted by molar-refractivity contribution is 5.42. The lowest BCUT2D eigenvalue weighted by Crippen LogP contribution is -2.40. The summed E-state index contributed by atoms with van der Waals surface area (Å²) in [7, 11) is 0. The SMILES string of the molecule is c1cncc(NCC2(c3ccc(OCCCN4CCCC4)cc3)CCOCC2)c1. The molecule has 0 bridgehead atoms. The van der Waals surface area contributed by atoms with Crippen molar-refractivity contribution in [3.05, 3.63) is 54.4 Å². The van der Waals surface area contributed by atoms with E-state index in [2.05, 4.69) is 45.5 Å². The Hall–Kier alpha value is -2.11. The Morgan fingerprint density at radius 2 is 1.86 bits per heavy atom. The molecule has 0 radical (unpaired) electrons. The third-order valence-electron chi connectivity index (χ3n) is 6.30. The number of nitrogens with one attached hydrogen (secondary N) is 1. The molecule has 4 rings (SSSR count). The van der Waals surface area contributed by atoms with E-state index in [1.807, 2.05) is 12.3 Å². The molecule has 0 saturated carbocycles. The number of hydrogen-bond donors (Lipinski definition) is 1. The maximum atomic E-state index is 6.00. The quantitative estimate of drug-likeness (QED) is 0.648. The molecule has 2 saturated heterocycles. The third kappa shape index (κ3) is 5.49. The van der Waals surface area contributed by atoms with Crippen LogP contribution in [0.1, 0.15) is 37.7 Å². The summed E-state index contributed by atoms with van der Waals surface area (Å²) in [6.07, 6.45) is 9.53. The second-order valence-corrected chi connectivity index (χ2v) is 8.26. The van der Waals surface area contributed by atoms with Crippen LogP contribution in [-0.2, 0) is 10.2 Å². The van der Waals surface area contributed by atoms with Crippen molar-refractivity contribution in [2.45, 2.75) is 37.5 Å². The first-order chi connectivity index (χ1) is 14.3. The van der Waals surface area contributed by atoms with Crippen molar-refractivity contribution in [3.8, 4) is 5.75 Å². The van der Waals surface area contributed by atoms with Crippen LogP contribution < -0.4 is 10.1 Å². The van der Waals surface area contributed by atoms with Gasteiger partial charge in [-0.2, -0.15) is 0 Å². The molecule has 2 aliphatic heterocycles. The smallest absolute Gasteiger partial charge is 0.119 e. The van der Waals surface area contributed by atoms with E-state index in [4.69, 9.17) is 9.47 Å². The number of aromatic nitrogens is 1. The molecule has 1 aromatic carbocycles. The molecular weight excluding hydrogens is 362 g/mol. The Bertz CT molecular complexity index is 724. The summed E-state index contributed by atoms with van der Waals surface area (Å²) in [6.45, 7) is 6.96. The van der Waals surface area contributed by atoms with E-state index in [1.165, 1.54) is 31.5 Å². The van der Waals surface area contributed by atoms with Gasteiger partial charge in [-0.05, 0) is 75.0 Å². The van der Waals surface area contributed by atoms with Crippen molar-refractivity contribution in [2.24, 2.45) is 0 Å². The van der Waals surface area contributed by atoms with Crippen LogP contribution in [0.3, 0.4) is 0 Å². The molecule has 1 N–H and O–H groups in total. The fourth-order valence-corrected chi connectivity index (χ4v) is 4.46. The van der Waals surface area contributed by atoms with E-state index in [0.29, 0.717) is 0 Å². The lowest BCUT2D eigenvalue weighted by atomic mass is 9.74. The molecule has 5 nitrogen and oxygen atoms in total. The second kappa shape index (κ2) is 10.1. The Balaban J connectivity index is 1.33. The minimum atomic E-state index is 0.0857. The Morgan fingerprint density at radius 1 is 1.07 bits per heavy atom. The highest BCUT2D eigenvalue weighted by Gasteiger charge is 2.34. The average molecular weight is 396 g/mol. The second-order valence-electron chi connectivity index (χ2n) is 8.26. The summed E-state index contributed by atoms with van der Waals surface area (Å²) >= 11 is 0. The Morgan fingerprint density at radius 3 is 2.59 bits per heavy atom. The van der Waals surface area contributed by atoms with Gasteiger partial charge in [0.1, 0.15) is 5.75 Å². The fraction of sp³-hybridized carbons (Fsp3) is 0.542. The van der Waals surface area contributed by atoms with Gasteiger partial charge in [-0.1, -0.05) is 12.1 Å². The largest absolute Gasteiger partial charge is 0.494 e. The summed E-state index contributed by atoms with van der Waals surface area (Å²) in [5.74, 6) is 0.970. The van der Waals surface area contributed by atoms with Crippen LogP contribution in [0.15, 0.2) is 48.8 Å². The summed E-state index contributed by atoms with van der Waals surface area (Å²) in [6, 6.07) is 12.8. The molecule has 1 aromatic heterocycles. The van der Waals surface area contributed by atoms with Crippen molar-refractivity contribution in [1.29, 1.82) is 0 Å². The maximum Gasteiger partial charge on any atom is 0.119 e. The minimum Gasteiger partial charge on any atom is -0.494 e. The van der Waals surface area contributed by atoms with Crippen molar-refractivity contribution in [3.63, 3.8) is 0 Å². The molecule has 0 spiro atoms. The Kier molecular flexibility index (Phi) is 7.01. The number of pyridine rings is 1. The van der Waals surface area contributed by atoms with Crippen molar-refractivity contribution in [1.82, 2.24) is 9.88 Å². The van der Waals surface area contributed by atoms with Crippen molar-refractivity contribution >= 4 is 5.69 Å². The summed E-state index contributed by atoms with van der Waals surface area (Å²) in [4.78, 5) is 6.75. The number of nitrogens with zero attached hydrogens (tertiary/aromatic N) is 2. The van der Waals surface area contributed by atoms with Gasteiger partial charge in [-0.3, -0.25) is 4.98 Å². The first-order valence-corrected chi connectivity index (χ1v) is 11.0. The van der Waals surface area contributed by atoms with E-state index >= 15 is 0 Å². The third-order valence-corrected chi connectivity index (χ3v) is 6.30. The van der Waals surface area contributed by atoms with Crippen LogP contribution in [0.4, 0.5) is 5.69 Å². The molecule has 0 aliphatic carbocycles. The van der Waals surface area contributed by atoms with Crippen LogP contribution in [0.2, 0.25) is 0 Å². The van der Waals surface area contributed by atoms with Gasteiger partial charge in [0.15, 0.2) is 0 Å². The molecule has 5 heteroatoms. The van der Waals surface area contributed by atoms with E-state index in [-0.39, 0.29) is 5.41 Å². The van der Waals surface area contributed by atoms with Gasteiger partial charge >= 0.3 is 0 Å². The van der Waals surface area contributed by atoms with Gasteiger partial charge < -0.3 is 19.7 Å². The number of benzene rings is 1. The predicted octanol–water partition coefficient (Wildman–Crippen LogP) is 4.11. The zero-order valence-corrected chi connectivity index (χ0v) is 17.3. The monoisotopic (exact) mass is 395 g/mol. The standard InChI is InChI=1S/C24H33N3O2/c1-2-14-27(13-1)15-4-16-29-23-8-6-21(7-9-23)24(10-17-28-18-11-24)20-26-22-5-3-12-25-19-22/h3,5-9,12,19,26H,1-2,4,10-11,13-18,20H2. The van der Waals surface area contributed by atoms with Crippen LogP contribution in [0.5, 0.6) is 5.75 Å². The topological polar surface area (TPSA) is 46.6 Å². The molecule has 0 amide bonds. The lowest BCUT2D eigenvalue weighted by molar-refractivity contribution is 0.0544. The normalized spacial score (nSPS) is 19.2. The number of rotatable bonds is 9. The van der Waals surface area contributed by atoms with Gasteiger partial charge in [0, 0.05) is 44.1 Å². The fourth-order valence-electron chi connectivity index (χ4n) is 4.46. The highest BCUT2D eigenvalue weighted by atomic mass is 16.5. The molecule has 29 heavy (non-hydrogen) atoms. The molecule has 0 atom stereocenters. The van der Waals surface area contributed by atoms with Crippen LogP contribution >= 0.6 is 0 Å². The van der Waals surface area contributed by atoms with E-state index in [0.717, 1.165) is 63.6 Å². The van der Waals surface area contributed by atoms with Crippen molar-refractivity contribution in [2.75, 3.05) is 51.3 Å². The molecule has 2 aromatic rings. The van der Waals surface area contributed by atoms with E-state index in [9.17, 15) is 0 Å². The molecular formula is C24H33N3O2. The van der Waals surface area contributed by atoms with Crippen LogP contribution in [0.25, 0.3) is 0 Å². The molecule has 2 fully saturated rings. The Labute approximate surface area is 174 Å². The zero-order valence-electron chi connectivity index (χ0n) is 17.3. The van der Waals surface area contributed by atoms with Gasteiger partial charge in [0.25, 0.3) is 0 Å². The van der Waals surface area contributed by atoms with Gasteiger partial charge in [-0.25, -0.2) is 0 Å². The van der Waals surface area contributed by atoms with Gasteiger partial charge in [0.2, 0.25) is 0 Å². The molecule has 156 valence electrons. The first kappa shape index (κ1) is 20.2. The molecule has 0 unspecified atom stereocenters. The summed E-state index contributed by atoms with van der Waals surface area (Å²) in [5.41, 5.74) is 2.51. The lowest BCUT2D eigenvalue weighted by Gasteiger charge is -2.38. The van der Waals surface area contributed by atoms with E-state index < -0.39 is 0 Å². The van der Waals surface area contributed by atoms with Crippen LogP contribution in [0, 0.1) is 0 Å². The van der Waals surface area contributed by atoms with Crippen LogP contribution in [-0.4, -0.2) is 55.9 Å². The first-order valence-electron chi connectivity index (χ1n) is 11.0. The number of ether oxygens (including phenoxy) is 2. The summed E-state index contributed by atoms with van der Waals surface area (Å²) in [5, 5.41) is 3.58. The predicted molar refractivity (Wildman–Crippen MR) is 117 cm³/mol. The van der Waals surface area contributed by atoms with Gasteiger partial charge in [-0.15, -0.1) is 0 Å². The number of likely N-dealkylation sites (tertiary alicyclic amines) is 1. The maximum absolute atomic E-state index is 6.00. The van der Waals surface area contributed by atoms with E-state index in [1.54, 1.807) is 6.20 Å². The van der Waals surface area contributed by atoms with Crippen molar-refractivity contribution < 1.29 is 9.47 Å². The average Bonchev–Trinajstić information content (AvgIpc) is 3.31. The van der Waals surface area contributed by atoms with Gasteiger partial charge in [0.05, 0.1) is 12.3 Å². The summed E-state index contributed by atoms with van der Waals surface area (Å²) < 4.78 is 11.7. The number of hydrogen-bond acceptors (Lipinski definition) is 5. The minimum absolute atomic E-state index is 0.0857. The highest BCUT2D eigenvalue weighted by Crippen LogP contribution is 2.36. The molecule has 3 heterocycles. The zero-order chi connectivity index (χ0) is 19.8. The number of anilines is 1. The molecule has 2 aliphatic rings.